The Hall–Kier alpha value is -7.86. The quantitative estimate of drug-likeness (QED) is 0.184. The van der Waals surface area contributed by atoms with Gasteiger partial charge in [-0.25, -0.2) is 0 Å². The minimum atomic E-state index is 0.610. The average molecular weight is 700 g/mol. The molecule has 0 amide bonds. The Labute approximate surface area is 316 Å². The Kier molecular flexibility index (Phi) is 6.61. The van der Waals surface area contributed by atoms with Crippen LogP contribution in [0.1, 0.15) is 11.1 Å². The van der Waals surface area contributed by atoms with Gasteiger partial charge in [0.15, 0.2) is 0 Å². The third-order valence-corrected chi connectivity index (χ3v) is 11.1. The zero-order valence-corrected chi connectivity index (χ0v) is 29.5. The number of hydrogen-bond donors (Lipinski definition) is 0. The minimum absolute atomic E-state index is 0.610. The van der Waals surface area contributed by atoms with Crippen molar-refractivity contribution in [1.82, 2.24) is 13.7 Å². The van der Waals surface area contributed by atoms with Crippen LogP contribution in [0.15, 0.2) is 176 Å². The van der Waals surface area contributed by atoms with E-state index in [0.717, 1.165) is 72.1 Å². The van der Waals surface area contributed by atoms with Crippen LogP contribution in [0.3, 0.4) is 0 Å². The van der Waals surface area contributed by atoms with Crippen molar-refractivity contribution in [2.75, 3.05) is 0 Å². The van der Waals surface area contributed by atoms with E-state index in [9.17, 15) is 10.5 Å². The van der Waals surface area contributed by atoms with Crippen molar-refractivity contribution in [3.63, 3.8) is 0 Å². The number of rotatable bonds is 4. The molecule has 0 N–H and O–H groups in total. The lowest BCUT2D eigenvalue weighted by Gasteiger charge is -2.15. The molecule has 0 fully saturated rings. The number of nitrogens with zero attached hydrogens (tertiary/aromatic N) is 5. The molecule has 8 aromatic carbocycles. The Morgan fingerprint density at radius 1 is 0.327 bits per heavy atom. The fourth-order valence-electron chi connectivity index (χ4n) is 8.70. The third kappa shape index (κ3) is 4.51. The van der Waals surface area contributed by atoms with Crippen LogP contribution in [0.2, 0.25) is 0 Å². The molecule has 0 unspecified atom stereocenters. The largest absolute Gasteiger partial charge is 0.309 e. The van der Waals surface area contributed by atoms with E-state index in [1.807, 2.05) is 24.3 Å². The highest BCUT2D eigenvalue weighted by Crippen LogP contribution is 2.40. The Balaban J connectivity index is 1.10. The molecule has 0 spiro atoms. The maximum absolute atomic E-state index is 9.98. The van der Waals surface area contributed by atoms with Gasteiger partial charge in [0.1, 0.15) is 0 Å². The van der Waals surface area contributed by atoms with E-state index in [-0.39, 0.29) is 0 Å². The first-order valence-electron chi connectivity index (χ1n) is 18.3. The van der Waals surface area contributed by atoms with Crippen molar-refractivity contribution in [1.29, 1.82) is 10.5 Å². The normalized spacial score (nSPS) is 11.6. The summed E-state index contributed by atoms with van der Waals surface area (Å²) in [5.74, 6) is 0. The molecule has 0 aliphatic carbocycles. The van der Waals surface area contributed by atoms with Crippen molar-refractivity contribution < 1.29 is 0 Å². The van der Waals surface area contributed by atoms with Crippen LogP contribution in [0.5, 0.6) is 0 Å². The molecular formula is C50H29N5. The zero-order chi connectivity index (χ0) is 36.6. The highest BCUT2D eigenvalue weighted by molar-refractivity contribution is 6.13. The van der Waals surface area contributed by atoms with E-state index in [2.05, 4.69) is 177 Å². The second-order valence-corrected chi connectivity index (χ2v) is 14.0. The molecule has 5 heteroatoms. The summed E-state index contributed by atoms with van der Waals surface area (Å²) in [6.45, 7) is 0. The monoisotopic (exact) mass is 699 g/mol. The van der Waals surface area contributed by atoms with Crippen LogP contribution in [-0.2, 0) is 0 Å². The van der Waals surface area contributed by atoms with E-state index in [4.69, 9.17) is 0 Å². The standard InChI is InChI=1S/C50H29N5/c51-30-32-17-24-48(55-46-15-7-3-11-39(46)40-12-4-8-16-47(40)55)41(27-32)34-19-21-35(22-20-34)53-49-25-18-33(31-52)28-42(49)43-29-36(23-26-50(43)53)54-44-13-5-1-9-37(44)38-10-2-6-14-45(38)54/h1-29H. The minimum Gasteiger partial charge on any atom is -0.309 e. The van der Waals surface area contributed by atoms with E-state index in [1.165, 1.54) is 21.5 Å². The van der Waals surface area contributed by atoms with Crippen LogP contribution in [0.25, 0.3) is 93.6 Å². The molecule has 0 aliphatic heterocycles. The summed E-state index contributed by atoms with van der Waals surface area (Å²) in [6, 6.07) is 66.0. The number of hydrogen-bond acceptors (Lipinski definition) is 2. The highest BCUT2D eigenvalue weighted by Gasteiger charge is 2.19. The fourth-order valence-corrected chi connectivity index (χ4v) is 8.70. The molecule has 0 saturated heterocycles. The van der Waals surface area contributed by atoms with E-state index >= 15 is 0 Å². The summed E-state index contributed by atoms with van der Waals surface area (Å²) in [5, 5.41) is 26.8. The van der Waals surface area contributed by atoms with Gasteiger partial charge >= 0.3 is 0 Å². The summed E-state index contributed by atoms with van der Waals surface area (Å²) in [4.78, 5) is 0. The smallest absolute Gasteiger partial charge is 0.0991 e. The molecule has 11 aromatic rings. The lowest BCUT2D eigenvalue weighted by molar-refractivity contribution is 1.16. The number of benzene rings is 8. The number of nitriles is 2. The lowest BCUT2D eigenvalue weighted by Crippen LogP contribution is -1.99. The lowest BCUT2D eigenvalue weighted by atomic mass is 10.00. The molecule has 0 atom stereocenters. The van der Waals surface area contributed by atoms with Gasteiger partial charge in [-0.3, -0.25) is 0 Å². The molecular weight excluding hydrogens is 671 g/mol. The van der Waals surface area contributed by atoms with Crippen molar-refractivity contribution in [2.45, 2.75) is 0 Å². The second kappa shape index (κ2) is 11.8. The number of para-hydroxylation sites is 4. The summed E-state index contributed by atoms with van der Waals surface area (Å²) in [5.41, 5.74) is 12.9. The first-order chi connectivity index (χ1) is 27.2. The van der Waals surface area contributed by atoms with Crippen molar-refractivity contribution in [3.8, 4) is 40.3 Å². The van der Waals surface area contributed by atoms with Gasteiger partial charge in [0.2, 0.25) is 0 Å². The highest BCUT2D eigenvalue weighted by atomic mass is 15.0. The van der Waals surface area contributed by atoms with Crippen LogP contribution in [0, 0.1) is 22.7 Å². The van der Waals surface area contributed by atoms with Crippen LogP contribution in [0.4, 0.5) is 0 Å². The molecule has 5 nitrogen and oxygen atoms in total. The molecule has 0 bridgehead atoms. The van der Waals surface area contributed by atoms with Crippen LogP contribution < -0.4 is 0 Å². The van der Waals surface area contributed by atoms with Gasteiger partial charge in [-0.1, -0.05) is 84.9 Å². The number of fused-ring (bicyclic) bond motifs is 9. The first kappa shape index (κ1) is 30.7. The Morgan fingerprint density at radius 2 is 0.745 bits per heavy atom. The van der Waals surface area contributed by atoms with Crippen molar-refractivity contribution in [3.05, 3.63) is 187 Å². The molecule has 3 aromatic heterocycles. The molecule has 55 heavy (non-hydrogen) atoms. The predicted molar refractivity (Wildman–Crippen MR) is 224 cm³/mol. The fraction of sp³-hybridized carbons (Fsp3) is 0. The molecule has 0 aliphatic rings. The van der Waals surface area contributed by atoms with Gasteiger partial charge in [0, 0.05) is 49.3 Å². The predicted octanol–water partition coefficient (Wildman–Crippen LogP) is 12.4. The average Bonchev–Trinajstić information content (AvgIpc) is 3.89. The van der Waals surface area contributed by atoms with Gasteiger partial charge in [-0.15, -0.1) is 0 Å². The second-order valence-electron chi connectivity index (χ2n) is 14.0. The van der Waals surface area contributed by atoms with E-state index in [0.29, 0.717) is 11.1 Å². The molecule has 0 radical (unpaired) electrons. The van der Waals surface area contributed by atoms with Crippen molar-refractivity contribution >= 4 is 65.4 Å². The maximum atomic E-state index is 9.98. The van der Waals surface area contributed by atoms with E-state index < -0.39 is 0 Å². The summed E-state index contributed by atoms with van der Waals surface area (Å²) < 4.78 is 6.93. The Bertz CT molecular complexity index is 3350. The van der Waals surface area contributed by atoms with Gasteiger partial charge in [0.05, 0.1) is 62.1 Å². The topological polar surface area (TPSA) is 62.4 Å². The third-order valence-electron chi connectivity index (χ3n) is 11.1. The first-order valence-corrected chi connectivity index (χ1v) is 18.3. The molecule has 3 heterocycles. The molecule has 254 valence electrons. The van der Waals surface area contributed by atoms with Gasteiger partial charge in [0.25, 0.3) is 0 Å². The summed E-state index contributed by atoms with van der Waals surface area (Å²) >= 11 is 0. The number of aromatic nitrogens is 3. The summed E-state index contributed by atoms with van der Waals surface area (Å²) in [7, 11) is 0. The van der Waals surface area contributed by atoms with Crippen LogP contribution >= 0.6 is 0 Å². The summed E-state index contributed by atoms with van der Waals surface area (Å²) in [6.07, 6.45) is 0. The van der Waals surface area contributed by atoms with Gasteiger partial charge in [-0.05, 0) is 96.6 Å². The molecule has 0 saturated carbocycles. The van der Waals surface area contributed by atoms with E-state index in [1.54, 1.807) is 0 Å². The maximum Gasteiger partial charge on any atom is 0.0991 e. The van der Waals surface area contributed by atoms with Crippen molar-refractivity contribution in [2.24, 2.45) is 0 Å². The molecule has 11 rings (SSSR count). The Morgan fingerprint density at radius 3 is 1.31 bits per heavy atom. The SMILES string of the molecule is N#Cc1ccc(-n2c3ccccc3c3ccccc32)c(-c2ccc(-n3c4ccc(C#N)cc4c4cc(-n5c6ccccc6c6ccccc65)ccc43)cc2)c1. The van der Waals surface area contributed by atoms with Gasteiger partial charge in [-0.2, -0.15) is 10.5 Å². The zero-order valence-electron chi connectivity index (χ0n) is 29.5. The van der Waals surface area contributed by atoms with Gasteiger partial charge < -0.3 is 13.7 Å². The van der Waals surface area contributed by atoms with Crippen LogP contribution in [-0.4, -0.2) is 13.7 Å².